The van der Waals surface area contributed by atoms with Gasteiger partial charge in [0, 0.05) is 31.4 Å². The van der Waals surface area contributed by atoms with E-state index in [1.54, 1.807) is 40.0 Å². The van der Waals surface area contributed by atoms with E-state index in [2.05, 4.69) is 0 Å². The molecule has 1 saturated heterocycles. The highest BCUT2D eigenvalue weighted by Gasteiger charge is 2.47. The van der Waals surface area contributed by atoms with E-state index in [0.717, 1.165) is 63.4 Å². The van der Waals surface area contributed by atoms with Crippen LogP contribution >= 0.6 is 0 Å². The fraction of sp³-hybridized carbons (Fsp3) is 0.684. The fourth-order valence-electron chi connectivity index (χ4n) is 8.05. The molecule has 3 aliphatic rings. The Kier molecular flexibility index (Phi) is 11.6. The van der Waals surface area contributed by atoms with Crippen LogP contribution in [0.4, 0.5) is 4.39 Å². The Morgan fingerprint density at radius 3 is 2.31 bits per heavy atom. The predicted molar refractivity (Wildman–Crippen MR) is 178 cm³/mol. The number of rotatable bonds is 11. The molecule has 1 amide bonds. The molecule has 2 saturated carbocycles. The molecule has 0 unspecified atom stereocenters. The van der Waals surface area contributed by atoms with Crippen molar-refractivity contribution < 1.29 is 42.2 Å². The van der Waals surface area contributed by atoms with E-state index in [-0.39, 0.29) is 54.4 Å². The van der Waals surface area contributed by atoms with Crippen molar-refractivity contribution in [1.29, 1.82) is 0 Å². The second-order valence-electron chi connectivity index (χ2n) is 15.3. The number of furan rings is 1. The summed E-state index contributed by atoms with van der Waals surface area (Å²) < 4.78 is 34.7. The number of fused-ring (bicyclic) bond motifs is 1. The highest BCUT2D eigenvalue weighted by molar-refractivity contribution is 5.94. The maximum atomic E-state index is 14.3. The fourth-order valence-corrected chi connectivity index (χ4v) is 8.05. The first-order valence-electron chi connectivity index (χ1n) is 17.7. The number of hydrogen-bond acceptors (Lipinski definition) is 8. The number of alkyl halides is 1. The van der Waals surface area contributed by atoms with Crippen molar-refractivity contribution in [2.75, 3.05) is 27.1 Å². The molecule has 2 aromatic rings. The maximum Gasteiger partial charge on any atom is 0.377 e. The Bertz CT molecular complexity index is 1450. The number of carbonyl (C=O) groups excluding carboxylic acids is 4. The van der Waals surface area contributed by atoms with Gasteiger partial charge in [-0.05, 0) is 126 Å². The number of nitrogens with zero attached hydrogens (tertiary/aromatic N) is 1. The summed E-state index contributed by atoms with van der Waals surface area (Å²) in [6, 6.07) is 6.45. The maximum absolute atomic E-state index is 14.3. The molecule has 0 N–H and O–H groups in total. The molecule has 1 aromatic carbocycles. The zero-order chi connectivity index (χ0) is 34.6. The number of halogens is 1. The Labute approximate surface area is 283 Å². The number of ether oxygens (including phenoxy) is 3. The van der Waals surface area contributed by atoms with E-state index in [9.17, 15) is 23.6 Å². The first-order chi connectivity index (χ1) is 22.9. The molecule has 48 heavy (non-hydrogen) atoms. The normalized spacial score (nSPS) is 27.1. The van der Waals surface area contributed by atoms with Crippen molar-refractivity contribution in [3.63, 3.8) is 0 Å². The second kappa shape index (κ2) is 15.5. The van der Waals surface area contributed by atoms with Crippen LogP contribution in [0, 0.1) is 35.0 Å². The lowest BCUT2D eigenvalue weighted by Gasteiger charge is -2.37. The molecule has 0 spiro atoms. The molecule has 3 atom stereocenters. The molecule has 3 fully saturated rings. The summed E-state index contributed by atoms with van der Waals surface area (Å²) in [5.41, 5.74) is 0.517. The summed E-state index contributed by atoms with van der Waals surface area (Å²) in [4.78, 5) is 54.7. The van der Waals surface area contributed by atoms with Crippen molar-refractivity contribution in [1.82, 2.24) is 4.90 Å². The second-order valence-corrected chi connectivity index (χ2v) is 15.3. The van der Waals surface area contributed by atoms with Crippen LogP contribution in [0.15, 0.2) is 28.7 Å². The highest BCUT2D eigenvalue weighted by Crippen LogP contribution is 2.42. The van der Waals surface area contributed by atoms with Crippen LogP contribution in [0.25, 0.3) is 11.0 Å². The van der Waals surface area contributed by atoms with Crippen LogP contribution in [-0.4, -0.2) is 67.8 Å². The lowest BCUT2D eigenvalue weighted by Crippen LogP contribution is -2.48. The van der Waals surface area contributed by atoms with Gasteiger partial charge in [0.1, 0.15) is 5.58 Å². The molecule has 1 aromatic heterocycles. The average molecular weight is 670 g/mol. The van der Waals surface area contributed by atoms with E-state index in [4.69, 9.17) is 18.6 Å². The monoisotopic (exact) mass is 669 g/mol. The van der Waals surface area contributed by atoms with Crippen molar-refractivity contribution in [3.05, 3.63) is 35.6 Å². The number of likely N-dealkylation sites (tertiary alicyclic amines) is 1. The van der Waals surface area contributed by atoms with Gasteiger partial charge in [0.15, 0.2) is 5.78 Å². The van der Waals surface area contributed by atoms with Gasteiger partial charge in [-0.3, -0.25) is 18.8 Å². The van der Waals surface area contributed by atoms with Gasteiger partial charge >= 0.3 is 11.9 Å². The van der Waals surface area contributed by atoms with Gasteiger partial charge in [-0.2, -0.15) is 0 Å². The largest absolute Gasteiger partial charge is 0.449 e. The third kappa shape index (κ3) is 8.29. The SMILES string of the molecule is COC1CCC([C@@H]2CCN(C(=O)C3CCC([C@H](C)CF)CC3)[C@@H]2C(=O)Cc2ccc3oc(C(=O)OCOC(=O)C(C)(C)C)cc3c2)CC1. The standard InChI is InChI=1S/C38H52FNO8/c1-23(21-39)25-7-9-27(10-8-25)35(42)40-17-16-30(26-11-13-29(45-5)14-12-26)34(40)31(41)19-24-6-15-32-28(18-24)20-33(48-32)36(43)46-22-47-37(44)38(2,3)4/h6,15,18,20,23,25-27,29-30,34H,7-14,16-17,19,21-22H2,1-5H3/t23-,25?,26?,27?,29?,30+,34+/m1/s1. The lowest BCUT2D eigenvalue weighted by molar-refractivity contribution is -0.161. The first-order valence-corrected chi connectivity index (χ1v) is 17.7. The molecule has 0 radical (unpaired) electrons. The summed E-state index contributed by atoms with van der Waals surface area (Å²) in [6.07, 6.45) is 8.30. The number of carbonyl (C=O) groups is 4. The molecule has 1 aliphatic heterocycles. The highest BCUT2D eigenvalue weighted by atomic mass is 19.1. The Balaban J connectivity index is 1.28. The summed E-state index contributed by atoms with van der Waals surface area (Å²) in [5, 5.41) is 0.645. The predicted octanol–water partition coefficient (Wildman–Crippen LogP) is 7.08. The first kappa shape index (κ1) is 36.0. The molecule has 10 heteroatoms. The van der Waals surface area contributed by atoms with Gasteiger partial charge in [-0.25, -0.2) is 4.79 Å². The van der Waals surface area contributed by atoms with E-state index < -0.39 is 30.2 Å². The summed E-state index contributed by atoms with van der Waals surface area (Å²) in [7, 11) is 1.75. The molecule has 264 valence electrons. The van der Waals surface area contributed by atoms with Gasteiger partial charge in [-0.1, -0.05) is 13.0 Å². The van der Waals surface area contributed by atoms with Crippen LogP contribution < -0.4 is 0 Å². The Hall–Kier alpha value is -3.27. The number of hydrogen-bond donors (Lipinski definition) is 0. The zero-order valence-corrected chi connectivity index (χ0v) is 29.1. The average Bonchev–Trinajstić information content (AvgIpc) is 3.72. The minimum atomic E-state index is -0.759. The van der Waals surface area contributed by atoms with Crippen molar-refractivity contribution in [2.45, 2.75) is 104 Å². The smallest absolute Gasteiger partial charge is 0.377 e. The molecule has 0 bridgehead atoms. The molecule has 5 rings (SSSR count). The molecule has 2 heterocycles. The van der Waals surface area contributed by atoms with Gasteiger partial charge in [0.05, 0.1) is 24.2 Å². The van der Waals surface area contributed by atoms with Gasteiger partial charge in [-0.15, -0.1) is 0 Å². The van der Waals surface area contributed by atoms with Gasteiger partial charge < -0.3 is 23.5 Å². The number of methoxy groups -OCH3 is 1. The lowest BCUT2D eigenvalue weighted by atomic mass is 9.74. The summed E-state index contributed by atoms with van der Waals surface area (Å²) in [5.74, 6) is -0.505. The quantitative estimate of drug-likeness (QED) is 0.184. The number of amides is 1. The summed E-state index contributed by atoms with van der Waals surface area (Å²) in [6.45, 7) is 6.80. The number of benzene rings is 1. The van der Waals surface area contributed by atoms with Gasteiger partial charge in [0.2, 0.25) is 18.5 Å². The molecular formula is C38H52FNO8. The topological polar surface area (TPSA) is 112 Å². The van der Waals surface area contributed by atoms with E-state index in [1.807, 2.05) is 24.0 Å². The van der Waals surface area contributed by atoms with Crippen molar-refractivity contribution in [2.24, 2.45) is 35.0 Å². The Morgan fingerprint density at radius 2 is 1.67 bits per heavy atom. The third-order valence-corrected chi connectivity index (χ3v) is 11.0. The van der Waals surface area contributed by atoms with Crippen LogP contribution in [-0.2, 0) is 35.0 Å². The van der Waals surface area contributed by atoms with Crippen LogP contribution in [0.5, 0.6) is 0 Å². The zero-order valence-electron chi connectivity index (χ0n) is 29.1. The minimum absolute atomic E-state index is 0.0150. The van der Waals surface area contributed by atoms with Crippen LogP contribution in [0.2, 0.25) is 0 Å². The number of ketones is 1. The van der Waals surface area contributed by atoms with Crippen LogP contribution in [0.1, 0.15) is 102 Å². The third-order valence-electron chi connectivity index (χ3n) is 11.0. The van der Waals surface area contributed by atoms with Gasteiger partial charge in [0.25, 0.3) is 0 Å². The van der Waals surface area contributed by atoms with E-state index in [1.165, 1.54) is 0 Å². The molecule has 2 aliphatic carbocycles. The summed E-state index contributed by atoms with van der Waals surface area (Å²) >= 11 is 0. The molecule has 9 nitrogen and oxygen atoms in total. The number of esters is 2. The van der Waals surface area contributed by atoms with E-state index >= 15 is 0 Å². The van der Waals surface area contributed by atoms with Crippen LogP contribution in [0.3, 0.4) is 0 Å². The molecular weight excluding hydrogens is 617 g/mol. The van der Waals surface area contributed by atoms with E-state index in [0.29, 0.717) is 29.3 Å². The minimum Gasteiger partial charge on any atom is -0.449 e. The number of Topliss-reactive ketones (excluding diaryl/α,β-unsaturated/α-hetero) is 1. The Morgan fingerprint density at radius 1 is 0.958 bits per heavy atom. The van der Waals surface area contributed by atoms with Crippen molar-refractivity contribution >= 4 is 34.6 Å². The van der Waals surface area contributed by atoms with Crippen molar-refractivity contribution in [3.8, 4) is 0 Å².